The molecule has 0 saturated carbocycles. The average molecular weight is 347 g/mol. The zero-order valence-electron chi connectivity index (χ0n) is 17.6. The van der Waals surface area contributed by atoms with Gasteiger partial charge < -0.3 is 0 Å². The third kappa shape index (κ3) is 18.2. The van der Waals surface area contributed by atoms with E-state index in [9.17, 15) is 0 Å². The Kier molecular flexibility index (Phi) is 19.5. The number of hydrogen-bond acceptors (Lipinski definition) is 0. The fraction of sp³-hybridized carbons (Fsp3) is 0.840. The summed E-state index contributed by atoms with van der Waals surface area (Å²) in [6.45, 7) is 12.6. The first kappa shape index (κ1) is 24.6. The lowest BCUT2D eigenvalue weighted by atomic mass is 9.85. The fourth-order valence-electron chi connectivity index (χ4n) is 3.47. The number of rotatable bonds is 17. The van der Waals surface area contributed by atoms with Crippen LogP contribution in [0.1, 0.15) is 123 Å². The van der Waals surface area contributed by atoms with Crippen molar-refractivity contribution in [2.75, 3.05) is 0 Å². The Morgan fingerprint density at radius 2 is 1.00 bits per heavy atom. The quantitative estimate of drug-likeness (QED) is 0.183. The van der Waals surface area contributed by atoms with Crippen molar-refractivity contribution in [1.29, 1.82) is 0 Å². The van der Waals surface area contributed by atoms with Gasteiger partial charge in [-0.15, -0.1) is 11.8 Å². The standard InChI is InChI=1S/C25H46/c1-5-7-9-11-12-13-14-15-16-17-18-19-21-23-25(24(3)4)22-20-10-8-6-2/h24-25H,1-2,5-10,13-23H2,3-4H3. The molecule has 0 heterocycles. The molecule has 1 unspecified atom stereocenters. The van der Waals surface area contributed by atoms with E-state index >= 15 is 0 Å². The Labute approximate surface area is 160 Å². The monoisotopic (exact) mass is 346 g/mol. The Bertz CT molecular complexity index is 304. The van der Waals surface area contributed by atoms with E-state index in [1.165, 1.54) is 77.0 Å². The highest BCUT2D eigenvalue weighted by atomic mass is 14.2. The molecule has 25 heavy (non-hydrogen) atoms. The van der Waals surface area contributed by atoms with Gasteiger partial charge >= 0.3 is 0 Å². The molecule has 0 aromatic heterocycles. The molecule has 0 aliphatic rings. The molecule has 1 atom stereocenters. The van der Waals surface area contributed by atoms with Crippen LogP contribution in [0.3, 0.4) is 0 Å². The molecule has 0 saturated heterocycles. The fourth-order valence-corrected chi connectivity index (χ4v) is 3.47. The largest absolute Gasteiger partial charge is 0.103 e. The van der Waals surface area contributed by atoms with Crippen molar-refractivity contribution in [3.8, 4) is 11.8 Å². The number of unbranched alkanes of at least 4 members (excludes halogenated alkanes) is 12. The second-order valence-corrected chi connectivity index (χ2v) is 8.03. The molecule has 0 heteroatoms. The van der Waals surface area contributed by atoms with Crippen LogP contribution in [-0.4, -0.2) is 0 Å². The van der Waals surface area contributed by atoms with Crippen LogP contribution < -0.4 is 0 Å². The van der Waals surface area contributed by atoms with Crippen molar-refractivity contribution < 1.29 is 0 Å². The van der Waals surface area contributed by atoms with Gasteiger partial charge in [-0.3, -0.25) is 0 Å². The maximum Gasteiger partial charge on any atom is 0.00886 e. The lowest BCUT2D eigenvalue weighted by Crippen LogP contribution is -2.08. The van der Waals surface area contributed by atoms with Crippen LogP contribution in [0.2, 0.25) is 0 Å². The molecule has 0 fully saturated rings. The van der Waals surface area contributed by atoms with Crippen molar-refractivity contribution >= 4 is 0 Å². The van der Waals surface area contributed by atoms with Gasteiger partial charge in [-0.05, 0) is 24.7 Å². The summed E-state index contributed by atoms with van der Waals surface area (Å²) in [5.41, 5.74) is 0. The van der Waals surface area contributed by atoms with Crippen LogP contribution in [0.4, 0.5) is 0 Å². The van der Waals surface area contributed by atoms with E-state index in [-0.39, 0.29) is 0 Å². The van der Waals surface area contributed by atoms with Crippen LogP contribution in [0, 0.1) is 37.5 Å². The van der Waals surface area contributed by atoms with Crippen molar-refractivity contribution in [3.63, 3.8) is 0 Å². The molecule has 0 aromatic carbocycles. The Balaban J connectivity index is 3.43. The number of hydrogen-bond donors (Lipinski definition) is 0. The maximum absolute atomic E-state index is 3.95. The molecule has 2 radical (unpaired) electrons. The Morgan fingerprint density at radius 1 is 0.560 bits per heavy atom. The minimum Gasteiger partial charge on any atom is -0.103 e. The minimum absolute atomic E-state index is 0.856. The summed E-state index contributed by atoms with van der Waals surface area (Å²) in [6.07, 6.45) is 22.2. The van der Waals surface area contributed by atoms with Crippen LogP contribution >= 0.6 is 0 Å². The first-order chi connectivity index (χ1) is 12.2. The van der Waals surface area contributed by atoms with E-state index in [4.69, 9.17) is 0 Å². The molecule has 0 spiro atoms. The molecule has 0 bridgehead atoms. The predicted molar refractivity (Wildman–Crippen MR) is 115 cm³/mol. The topological polar surface area (TPSA) is 0 Å². The van der Waals surface area contributed by atoms with Gasteiger partial charge in [-0.2, -0.15) is 0 Å². The molecular weight excluding hydrogens is 300 g/mol. The van der Waals surface area contributed by atoms with Gasteiger partial charge in [-0.1, -0.05) is 111 Å². The molecular formula is C25H46. The summed E-state index contributed by atoms with van der Waals surface area (Å²) in [5.74, 6) is 8.36. The molecule has 0 N–H and O–H groups in total. The predicted octanol–water partition coefficient (Wildman–Crippen LogP) is 8.56. The van der Waals surface area contributed by atoms with E-state index in [1.54, 1.807) is 0 Å². The van der Waals surface area contributed by atoms with Crippen LogP contribution in [0.5, 0.6) is 0 Å². The first-order valence-electron chi connectivity index (χ1n) is 11.3. The summed E-state index contributed by atoms with van der Waals surface area (Å²) < 4.78 is 0. The Hall–Kier alpha value is -0.440. The molecule has 0 rings (SSSR count). The summed E-state index contributed by atoms with van der Waals surface area (Å²) in [7, 11) is 0. The lowest BCUT2D eigenvalue weighted by Gasteiger charge is -2.20. The van der Waals surface area contributed by atoms with Gasteiger partial charge in [0.05, 0.1) is 0 Å². The molecule has 0 aliphatic carbocycles. The van der Waals surface area contributed by atoms with Gasteiger partial charge in [-0.25, -0.2) is 0 Å². The van der Waals surface area contributed by atoms with Crippen molar-refractivity contribution in [3.05, 3.63) is 13.8 Å². The Morgan fingerprint density at radius 3 is 1.52 bits per heavy atom. The SMILES string of the molecule is [CH2]CCCC#CCCCCCCCCCC(CCCCC[CH2])C(C)C. The van der Waals surface area contributed by atoms with E-state index in [1.807, 2.05) is 0 Å². The van der Waals surface area contributed by atoms with Crippen molar-refractivity contribution in [1.82, 2.24) is 0 Å². The molecule has 0 amide bonds. The van der Waals surface area contributed by atoms with Crippen LogP contribution in [0.15, 0.2) is 0 Å². The van der Waals surface area contributed by atoms with E-state index in [0.29, 0.717) is 0 Å². The lowest BCUT2D eigenvalue weighted by molar-refractivity contribution is 0.313. The maximum atomic E-state index is 3.95. The van der Waals surface area contributed by atoms with Gasteiger partial charge in [0.1, 0.15) is 0 Å². The summed E-state index contributed by atoms with van der Waals surface area (Å²) >= 11 is 0. The van der Waals surface area contributed by atoms with Gasteiger partial charge in [0, 0.05) is 12.8 Å². The minimum atomic E-state index is 0.856. The third-order valence-corrected chi connectivity index (χ3v) is 5.32. The van der Waals surface area contributed by atoms with Crippen LogP contribution in [0.25, 0.3) is 0 Å². The van der Waals surface area contributed by atoms with Gasteiger partial charge in [0.2, 0.25) is 0 Å². The molecule has 0 nitrogen and oxygen atoms in total. The van der Waals surface area contributed by atoms with Gasteiger partial charge in [0.25, 0.3) is 0 Å². The van der Waals surface area contributed by atoms with Crippen molar-refractivity contribution in [2.24, 2.45) is 11.8 Å². The van der Waals surface area contributed by atoms with Crippen molar-refractivity contribution in [2.45, 2.75) is 123 Å². The zero-order chi connectivity index (χ0) is 18.6. The first-order valence-corrected chi connectivity index (χ1v) is 11.3. The highest BCUT2D eigenvalue weighted by molar-refractivity contribution is 4.98. The normalized spacial score (nSPS) is 12.2. The highest BCUT2D eigenvalue weighted by Gasteiger charge is 2.12. The zero-order valence-corrected chi connectivity index (χ0v) is 17.6. The van der Waals surface area contributed by atoms with E-state index in [0.717, 1.165) is 43.9 Å². The highest BCUT2D eigenvalue weighted by Crippen LogP contribution is 2.25. The molecule has 0 aliphatic heterocycles. The third-order valence-electron chi connectivity index (χ3n) is 5.32. The smallest absolute Gasteiger partial charge is 0.00886 e. The van der Waals surface area contributed by atoms with Crippen LogP contribution in [-0.2, 0) is 0 Å². The van der Waals surface area contributed by atoms with E-state index in [2.05, 4.69) is 39.5 Å². The second-order valence-electron chi connectivity index (χ2n) is 8.03. The second kappa shape index (κ2) is 19.9. The van der Waals surface area contributed by atoms with Gasteiger partial charge in [0.15, 0.2) is 0 Å². The average Bonchev–Trinajstić information content (AvgIpc) is 2.60. The summed E-state index contributed by atoms with van der Waals surface area (Å²) in [5, 5.41) is 0. The molecule has 0 aromatic rings. The summed E-state index contributed by atoms with van der Waals surface area (Å²) in [4.78, 5) is 0. The summed E-state index contributed by atoms with van der Waals surface area (Å²) in [6, 6.07) is 0. The van der Waals surface area contributed by atoms with E-state index < -0.39 is 0 Å². The molecule has 146 valence electrons.